The largest absolute Gasteiger partial charge is 0.497 e. The Hall–Kier alpha value is -2.55. The van der Waals surface area contributed by atoms with Crippen LogP contribution < -0.4 is 29.0 Å². The Morgan fingerprint density at radius 2 is 1.94 bits per heavy atom. The molecule has 0 spiro atoms. The van der Waals surface area contributed by atoms with Crippen LogP contribution in [0, 0.1) is 0 Å². The summed E-state index contributed by atoms with van der Waals surface area (Å²) in [5, 5.41) is 2.14. The summed E-state index contributed by atoms with van der Waals surface area (Å²) in [5.41, 5.74) is 2.37. The summed E-state index contributed by atoms with van der Waals surface area (Å²) in [7, 11) is 3.69. The molecule has 5 nitrogen and oxygen atoms in total. The Morgan fingerprint density at radius 1 is 1.12 bits per heavy atom. The zero-order valence-electron chi connectivity index (χ0n) is 18.4. The molecular formula is C24H24N3O2S3+. The number of fused-ring (bicyclic) bond motifs is 2. The molecule has 2 aromatic heterocycles. The summed E-state index contributed by atoms with van der Waals surface area (Å²) < 4.78 is 12.6. The molecule has 0 bridgehead atoms. The topological polar surface area (TPSA) is 38.4 Å². The highest BCUT2D eigenvalue weighted by atomic mass is 32.2. The Morgan fingerprint density at radius 3 is 2.69 bits per heavy atom. The number of methoxy groups -OCH3 is 1. The lowest BCUT2D eigenvalue weighted by atomic mass is 10.3. The summed E-state index contributed by atoms with van der Waals surface area (Å²) >= 11 is 4.99. The van der Waals surface area contributed by atoms with E-state index in [0.29, 0.717) is 6.54 Å². The molecule has 0 radical (unpaired) electrons. The molecule has 8 heteroatoms. The van der Waals surface area contributed by atoms with E-state index in [0.717, 1.165) is 42.1 Å². The Labute approximate surface area is 198 Å². The normalized spacial score (nSPS) is 15.6. The van der Waals surface area contributed by atoms with Crippen LogP contribution in [0.1, 0.15) is 18.9 Å². The third-order valence-corrected chi connectivity index (χ3v) is 9.26. The van der Waals surface area contributed by atoms with Gasteiger partial charge in [-0.2, -0.15) is 4.57 Å². The molecule has 0 fully saturated rings. The average molecular weight is 483 g/mol. The van der Waals surface area contributed by atoms with E-state index < -0.39 is 0 Å². The molecule has 5 rings (SSSR count). The smallest absolute Gasteiger partial charge is 0.271 e. The van der Waals surface area contributed by atoms with Gasteiger partial charge in [-0.15, -0.1) is 11.3 Å². The highest BCUT2D eigenvalue weighted by molar-refractivity contribution is 8.08. The first-order valence-corrected chi connectivity index (χ1v) is 13.0. The number of aryl methyl sites for hydroxylation is 1. The number of thioether (sulfide) groups is 1. The Kier molecular flexibility index (Phi) is 5.61. The number of anilines is 1. The van der Waals surface area contributed by atoms with Crippen molar-refractivity contribution in [1.29, 1.82) is 0 Å². The summed E-state index contributed by atoms with van der Waals surface area (Å²) in [5.74, 6) is 0.817. The second-order valence-electron chi connectivity index (χ2n) is 7.42. The fourth-order valence-electron chi connectivity index (χ4n) is 4.01. The van der Waals surface area contributed by atoms with Crippen molar-refractivity contribution in [3.05, 3.63) is 67.0 Å². The molecular weight excluding hydrogens is 458 g/mol. The maximum Gasteiger partial charge on any atom is 0.271 e. The van der Waals surface area contributed by atoms with E-state index >= 15 is 0 Å². The van der Waals surface area contributed by atoms with Crippen molar-refractivity contribution in [3.63, 3.8) is 0 Å². The lowest BCUT2D eigenvalue weighted by Crippen LogP contribution is -2.35. The van der Waals surface area contributed by atoms with Crippen molar-refractivity contribution in [2.24, 2.45) is 0 Å². The van der Waals surface area contributed by atoms with E-state index in [2.05, 4.69) is 52.8 Å². The van der Waals surface area contributed by atoms with Crippen molar-refractivity contribution in [2.45, 2.75) is 31.8 Å². The summed E-state index contributed by atoms with van der Waals surface area (Å²) in [4.78, 5) is 16.6. The molecule has 32 heavy (non-hydrogen) atoms. The molecule has 0 amide bonds. The van der Waals surface area contributed by atoms with Gasteiger partial charge < -0.3 is 9.64 Å². The summed E-state index contributed by atoms with van der Waals surface area (Å²) in [6.45, 7) is 5.72. The van der Waals surface area contributed by atoms with Crippen LogP contribution in [0.5, 0.6) is 5.75 Å². The summed E-state index contributed by atoms with van der Waals surface area (Å²) in [6.07, 6.45) is 2.17. The number of rotatable bonds is 4. The molecule has 3 heterocycles. The lowest BCUT2D eigenvalue weighted by Gasteiger charge is -2.13. The van der Waals surface area contributed by atoms with Crippen LogP contribution in [0.15, 0.2) is 52.2 Å². The average Bonchev–Trinajstić information content (AvgIpc) is 3.44. The second-order valence-corrected chi connectivity index (χ2v) is 10.5. The maximum atomic E-state index is 13.4. The maximum absolute atomic E-state index is 13.4. The fourth-order valence-corrected chi connectivity index (χ4v) is 7.68. The van der Waals surface area contributed by atoms with Gasteiger partial charge in [-0.1, -0.05) is 35.2 Å². The molecule has 0 atom stereocenters. The van der Waals surface area contributed by atoms with E-state index in [9.17, 15) is 4.79 Å². The van der Waals surface area contributed by atoms with Gasteiger partial charge in [0.25, 0.3) is 10.6 Å². The zero-order valence-corrected chi connectivity index (χ0v) is 20.9. The zero-order chi connectivity index (χ0) is 22.4. The van der Waals surface area contributed by atoms with Gasteiger partial charge in [-0.3, -0.25) is 9.36 Å². The molecule has 0 saturated carbocycles. The monoisotopic (exact) mass is 482 g/mol. The van der Waals surface area contributed by atoms with Gasteiger partial charge >= 0.3 is 0 Å². The fraction of sp³-hybridized carbons (Fsp3) is 0.250. The molecule has 164 valence electrons. The van der Waals surface area contributed by atoms with E-state index in [1.54, 1.807) is 41.5 Å². The van der Waals surface area contributed by atoms with Gasteiger partial charge in [0.2, 0.25) is 5.52 Å². The number of aromatic nitrogens is 2. The number of para-hydroxylation sites is 1. The Bertz CT molecular complexity index is 1510. The number of benzene rings is 2. The Balaban J connectivity index is 1.71. The van der Waals surface area contributed by atoms with Crippen molar-refractivity contribution in [2.75, 3.05) is 19.1 Å². The second kappa shape index (κ2) is 8.42. The van der Waals surface area contributed by atoms with Gasteiger partial charge in [-0.25, -0.2) is 0 Å². The number of hydrogen-bond donors (Lipinski definition) is 0. The van der Waals surface area contributed by atoms with Crippen LogP contribution in [0.25, 0.3) is 21.3 Å². The van der Waals surface area contributed by atoms with Crippen LogP contribution in [0.2, 0.25) is 0 Å². The SMILES string of the molecule is CCn1c(=Cc2sc3ccccc3[n+]2CC)s/c(=C2\Sc3ccc(OC)cc3N2C)c1=O. The third kappa shape index (κ3) is 3.37. The molecule has 0 aliphatic carbocycles. The third-order valence-electron chi connectivity index (χ3n) is 5.66. The number of hydrogen-bond acceptors (Lipinski definition) is 6. The van der Waals surface area contributed by atoms with Crippen molar-refractivity contribution < 1.29 is 9.30 Å². The summed E-state index contributed by atoms with van der Waals surface area (Å²) in [6, 6.07) is 14.5. The molecule has 0 N–H and O–H groups in total. The molecule has 4 aromatic rings. The minimum absolute atomic E-state index is 0.0713. The standard InChI is InChI=1S/C24H24N3O2S3/c1-5-26-16-9-7-8-10-18(16)30-20(26)14-21-27(6-2)23(28)22(32-21)24-25(3)17-13-15(29-4)11-12-19(17)31-24/h7-14H,5-6H2,1-4H3/q+1/b24-22-. The molecule has 1 aliphatic rings. The van der Waals surface area contributed by atoms with Crippen LogP contribution in [-0.4, -0.2) is 18.7 Å². The van der Waals surface area contributed by atoms with E-state index in [4.69, 9.17) is 4.74 Å². The molecule has 2 aromatic carbocycles. The van der Waals surface area contributed by atoms with Crippen LogP contribution in [-0.2, 0) is 13.1 Å². The molecule has 0 saturated heterocycles. The first-order chi connectivity index (χ1) is 15.5. The first kappa shape index (κ1) is 21.3. The number of nitrogens with zero attached hydrogens (tertiary/aromatic N) is 3. The van der Waals surface area contributed by atoms with Crippen molar-refractivity contribution in [1.82, 2.24) is 4.57 Å². The van der Waals surface area contributed by atoms with Crippen LogP contribution in [0.3, 0.4) is 0 Å². The van der Waals surface area contributed by atoms with Gasteiger partial charge in [0, 0.05) is 30.6 Å². The van der Waals surface area contributed by atoms with Gasteiger partial charge in [0.1, 0.15) is 31.2 Å². The van der Waals surface area contributed by atoms with E-state index in [1.807, 2.05) is 30.7 Å². The predicted octanol–water partition coefficient (Wildman–Crippen LogP) is 3.60. The highest BCUT2D eigenvalue weighted by Crippen LogP contribution is 2.46. The van der Waals surface area contributed by atoms with Crippen LogP contribution in [0.4, 0.5) is 5.69 Å². The number of ether oxygens (including phenoxy) is 1. The van der Waals surface area contributed by atoms with Gasteiger partial charge in [0.15, 0.2) is 0 Å². The highest BCUT2D eigenvalue weighted by Gasteiger charge is 2.25. The number of thiazole rings is 2. The quantitative estimate of drug-likeness (QED) is 0.417. The molecule has 0 unspecified atom stereocenters. The first-order valence-electron chi connectivity index (χ1n) is 10.5. The van der Waals surface area contributed by atoms with E-state index in [1.165, 1.54) is 10.2 Å². The molecule has 1 aliphatic heterocycles. The van der Waals surface area contributed by atoms with Gasteiger partial charge in [0.05, 0.1) is 18.9 Å². The minimum Gasteiger partial charge on any atom is -0.497 e. The minimum atomic E-state index is 0.0713. The predicted molar refractivity (Wildman–Crippen MR) is 135 cm³/mol. The van der Waals surface area contributed by atoms with Crippen molar-refractivity contribution >= 4 is 61.4 Å². The van der Waals surface area contributed by atoms with Gasteiger partial charge in [-0.05, 0) is 32.0 Å². The van der Waals surface area contributed by atoms with Crippen LogP contribution >= 0.6 is 34.4 Å². The van der Waals surface area contributed by atoms with Crippen molar-refractivity contribution in [3.8, 4) is 5.75 Å². The lowest BCUT2D eigenvalue weighted by molar-refractivity contribution is -0.665. The van der Waals surface area contributed by atoms with E-state index in [-0.39, 0.29) is 5.56 Å².